The van der Waals surface area contributed by atoms with Crippen molar-refractivity contribution in [3.05, 3.63) is 65.2 Å². The van der Waals surface area contributed by atoms with Crippen molar-refractivity contribution in [2.75, 3.05) is 0 Å². The van der Waals surface area contributed by atoms with Gasteiger partial charge in [0.25, 0.3) is 0 Å². The van der Waals surface area contributed by atoms with Gasteiger partial charge in [-0.2, -0.15) is 0 Å². The summed E-state index contributed by atoms with van der Waals surface area (Å²) < 4.78 is 0. The van der Waals surface area contributed by atoms with E-state index in [2.05, 4.69) is 17.1 Å². The van der Waals surface area contributed by atoms with E-state index in [0.717, 1.165) is 35.4 Å². The molecule has 0 amide bonds. The molecule has 1 aromatic heterocycles. The number of aromatic nitrogens is 2. The van der Waals surface area contributed by atoms with Gasteiger partial charge in [0.1, 0.15) is 11.5 Å². The summed E-state index contributed by atoms with van der Waals surface area (Å²) in [5.41, 5.74) is 4.24. The van der Waals surface area contributed by atoms with Gasteiger partial charge in [-0.25, -0.2) is 4.98 Å². The van der Waals surface area contributed by atoms with Crippen molar-refractivity contribution < 1.29 is 0 Å². The second-order valence-corrected chi connectivity index (χ2v) is 5.14. The highest BCUT2D eigenvalue weighted by Gasteiger charge is 2.15. The summed E-state index contributed by atoms with van der Waals surface area (Å²) in [6.07, 6.45) is 1.93. The molecule has 0 unspecified atom stereocenters. The van der Waals surface area contributed by atoms with Gasteiger partial charge in [-0.3, -0.25) is 0 Å². The van der Waals surface area contributed by atoms with Gasteiger partial charge in [0, 0.05) is 16.8 Å². The van der Waals surface area contributed by atoms with E-state index in [9.17, 15) is 4.91 Å². The van der Waals surface area contributed by atoms with Gasteiger partial charge in [0.05, 0.1) is 5.69 Å². The van der Waals surface area contributed by atoms with Crippen LogP contribution in [0.5, 0.6) is 0 Å². The summed E-state index contributed by atoms with van der Waals surface area (Å²) in [6, 6.07) is 17.3. The van der Waals surface area contributed by atoms with Crippen LogP contribution in [-0.2, 0) is 6.42 Å². The third-order valence-corrected chi connectivity index (χ3v) is 3.58. The smallest absolute Gasteiger partial charge is 0.140 e. The number of hydrogen-bond donors (Lipinski definition) is 1. The molecule has 110 valence electrons. The van der Waals surface area contributed by atoms with Gasteiger partial charge in [0.15, 0.2) is 0 Å². The first kappa shape index (κ1) is 14.2. The van der Waals surface area contributed by atoms with E-state index < -0.39 is 0 Å². The Morgan fingerprint density at radius 1 is 1.05 bits per heavy atom. The topological polar surface area (TPSA) is 58.1 Å². The molecule has 0 radical (unpaired) electrons. The zero-order valence-electron chi connectivity index (χ0n) is 12.4. The van der Waals surface area contributed by atoms with Crippen LogP contribution < -0.4 is 0 Å². The SMILES string of the molecule is CCCc1[nH]c(-c2ccccc2N=O)nc1-c1ccccc1. The molecular formula is C18H17N3O. The highest BCUT2D eigenvalue weighted by molar-refractivity contribution is 5.74. The Hall–Kier alpha value is -2.75. The minimum atomic E-state index is 0.402. The summed E-state index contributed by atoms with van der Waals surface area (Å²) in [4.78, 5) is 19.1. The van der Waals surface area contributed by atoms with Crippen LogP contribution >= 0.6 is 0 Å². The highest BCUT2D eigenvalue weighted by Crippen LogP contribution is 2.31. The lowest BCUT2D eigenvalue weighted by atomic mass is 10.1. The van der Waals surface area contributed by atoms with Crippen molar-refractivity contribution in [2.45, 2.75) is 19.8 Å². The Morgan fingerprint density at radius 3 is 2.50 bits per heavy atom. The number of imidazole rings is 1. The molecule has 0 bridgehead atoms. The predicted molar refractivity (Wildman–Crippen MR) is 88.9 cm³/mol. The first-order chi connectivity index (χ1) is 10.8. The first-order valence-corrected chi connectivity index (χ1v) is 7.40. The molecule has 22 heavy (non-hydrogen) atoms. The molecule has 4 heteroatoms. The van der Waals surface area contributed by atoms with Crippen LogP contribution in [0, 0.1) is 4.91 Å². The molecule has 1 N–H and O–H groups in total. The van der Waals surface area contributed by atoms with Crippen LogP contribution in [0.15, 0.2) is 59.8 Å². The van der Waals surface area contributed by atoms with Gasteiger partial charge in [-0.05, 0) is 23.7 Å². The van der Waals surface area contributed by atoms with Crippen LogP contribution in [0.2, 0.25) is 0 Å². The van der Waals surface area contributed by atoms with Crippen LogP contribution in [0.25, 0.3) is 22.6 Å². The lowest BCUT2D eigenvalue weighted by Crippen LogP contribution is -1.87. The Bertz CT molecular complexity index is 778. The van der Waals surface area contributed by atoms with E-state index in [1.165, 1.54) is 0 Å². The average Bonchev–Trinajstić information content (AvgIpc) is 3.00. The van der Waals surface area contributed by atoms with Crippen molar-refractivity contribution in [1.82, 2.24) is 9.97 Å². The largest absolute Gasteiger partial charge is 0.341 e. The number of benzene rings is 2. The van der Waals surface area contributed by atoms with Gasteiger partial charge in [0.2, 0.25) is 0 Å². The third-order valence-electron chi connectivity index (χ3n) is 3.58. The van der Waals surface area contributed by atoms with Gasteiger partial charge in [-0.15, -0.1) is 4.91 Å². The number of nitrogens with zero attached hydrogens (tertiary/aromatic N) is 2. The summed E-state index contributed by atoms with van der Waals surface area (Å²) >= 11 is 0. The maximum atomic E-state index is 11.0. The van der Waals surface area contributed by atoms with E-state index >= 15 is 0 Å². The van der Waals surface area contributed by atoms with E-state index in [1.54, 1.807) is 12.1 Å². The number of nitroso groups, excluding NO2 is 1. The molecule has 0 aliphatic carbocycles. The standard InChI is InChI=1S/C18H17N3O/c1-2-8-16-17(13-9-4-3-5-10-13)20-18(19-16)14-11-6-7-12-15(14)21-22/h3-7,9-12H,2,8H2,1H3,(H,19,20). The molecule has 0 aliphatic heterocycles. The maximum absolute atomic E-state index is 11.0. The second-order valence-electron chi connectivity index (χ2n) is 5.14. The number of hydrogen-bond acceptors (Lipinski definition) is 3. The molecule has 0 saturated heterocycles. The van der Waals surface area contributed by atoms with Crippen LogP contribution in [0.1, 0.15) is 19.0 Å². The number of aromatic amines is 1. The highest BCUT2D eigenvalue weighted by atomic mass is 16.3. The third kappa shape index (κ3) is 2.68. The summed E-state index contributed by atoms with van der Waals surface area (Å²) in [5, 5.41) is 3.09. The Labute approximate surface area is 129 Å². The molecule has 3 rings (SSSR count). The molecule has 1 heterocycles. The zero-order chi connectivity index (χ0) is 15.4. The molecule has 0 fully saturated rings. The molecular weight excluding hydrogens is 274 g/mol. The lowest BCUT2D eigenvalue weighted by Gasteiger charge is -2.00. The maximum Gasteiger partial charge on any atom is 0.140 e. The average molecular weight is 291 g/mol. The quantitative estimate of drug-likeness (QED) is 0.665. The lowest BCUT2D eigenvalue weighted by molar-refractivity contribution is 0.895. The summed E-state index contributed by atoms with van der Waals surface area (Å²) in [7, 11) is 0. The summed E-state index contributed by atoms with van der Waals surface area (Å²) in [5.74, 6) is 0.692. The van der Waals surface area contributed by atoms with E-state index in [0.29, 0.717) is 11.5 Å². The Balaban J connectivity index is 2.13. The number of aryl methyl sites for hydroxylation is 1. The normalized spacial score (nSPS) is 10.6. The fourth-order valence-electron chi connectivity index (χ4n) is 2.56. The van der Waals surface area contributed by atoms with Gasteiger partial charge < -0.3 is 4.98 Å². The first-order valence-electron chi connectivity index (χ1n) is 7.40. The molecule has 0 saturated carbocycles. The van der Waals surface area contributed by atoms with Gasteiger partial charge >= 0.3 is 0 Å². The molecule has 4 nitrogen and oxygen atoms in total. The predicted octanol–water partition coefficient (Wildman–Crippen LogP) is 5.09. The van der Waals surface area contributed by atoms with E-state index in [4.69, 9.17) is 4.98 Å². The van der Waals surface area contributed by atoms with Crippen LogP contribution in [0.3, 0.4) is 0 Å². The van der Waals surface area contributed by atoms with Crippen molar-refractivity contribution in [1.29, 1.82) is 0 Å². The monoisotopic (exact) mass is 291 g/mol. The van der Waals surface area contributed by atoms with E-state index in [-0.39, 0.29) is 0 Å². The molecule has 0 aliphatic rings. The van der Waals surface area contributed by atoms with Crippen LogP contribution in [0.4, 0.5) is 5.69 Å². The Kier molecular flexibility index (Phi) is 4.10. The van der Waals surface area contributed by atoms with Crippen molar-refractivity contribution in [2.24, 2.45) is 5.18 Å². The molecule has 0 atom stereocenters. The summed E-state index contributed by atoms with van der Waals surface area (Å²) in [6.45, 7) is 2.14. The molecule has 0 spiro atoms. The van der Waals surface area contributed by atoms with Crippen molar-refractivity contribution in [3.63, 3.8) is 0 Å². The fraction of sp³-hybridized carbons (Fsp3) is 0.167. The minimum Gasteiger partial charge on any atom is -0.341 e. The van der Waals surface area contributed by atoms with Gasteiger partial charge in [-0.1, -0.05) is 55.8 Å². The van der Waals surface area contributed by atoms with Crippen molar-refractivity contribution >= 4 is 5.69 Å². The second kappa shape index (κ2) is 6.35. The van der Waals surface area contributed by atoms with Crippen LogP contribution in [-0.4, -0.2) is 9.97 Å². The van der Waals surface area contributed by atoms with E-state index in [1.807, 2.05) is 42.5 Å². The number of rotatable bonds is 5. The minimum absolute atomic E-state index is 0.402. The molecule has 3 aromatic rings. The fourth-order valence-corrected chi connectivity index (χ4v) is 2.56. The molecule has 2 aromatic carbocycles. The Morgan fingerprint density at radius 2 is 1.77 bits per heavy atom. The number of nitrogens with one attached hydrogen (secondary N) is 1. The zero-order valence-corrected chi connectivity index (χ0v) is 12.4. The number of H-pyrrole nitrogens is 1. The van der Waals surface area contributed by atoms with Crippen molar-refractivity contribution in [3.8, 4) is 22.6 Å².